The zero-order chi connectivity index (χ0) is 12.4. The Hall–Kier alpha value is -2.37. The molecule has 2 rings (SSSR count). The molecule has 0 saturated heterocycles. The van der Waals surface area contributed by atoms with Gasteiger partial charge in [-0.1, -0.05) is 0 Å². The third-order valence-corrected chi connectivity index (χ3v) is 2.25. The third-order valence-electron chi connectivity index (χ3n) is 2.25. The number of carboxylic acids is 1. The summed E-state index contributed by atoms with van der Waals surface area (Å²) in [4.78, 5) is 14.3. The van der Waals surface area contributed by atoms with Crippen LogP contribution in [-0.2, 0) is 6.54 Å². The lowest BCUT2D eigenvalue weighted by molar-refractivity contribution is 0.0685. The number of pyridine rings is 1. The summed E-state index contributed by atoms with van der Waals surface area (Å²) in [6.07, 6.45) is 2.58. The van der Waals surface area contributed by atoms with E-state index in [4.69, 9.17) is 5.11 Å². The first-order valence-electron chi connectivity index (χ1n) is 4.79. The molecule has 2 aromatic rings. The van der Waals surface area contributed by atoms with E-state index >= 15 is 0 Å². The maximum absolute atomic E-state index is 12.8. The molecule has 88 valence electrons. The minimum absolute atomic E-state index is 0.0558. The summed E-state index contributed by atoms with van der Waals surface area (Å²) in [5.41, 5.74) is 0.510. The van der Waals surface area contributed by atoms with E-state index < -0.39 is 11.9 Å². The highest BCUT2D eigenvalue weighted by atomic mass is 19.1. The van der Waals surface area contributed by atoms with Crippen LogP contribution in [0.2, 0.25) is 0 Å². The molecule has 0 bridgehead atoms. The Morgan fingerprint density at radius 2 is 2.24 bits per heavy atom. The van der Waals surface area contributed by atoms with Crippen LogP contribution < -0.4 is 0 Å². The summed E-state index contributed by atoms with van der Waals surface area (Å²) < 4.78 is 14.2. The Balaban J connectivity index is 2.32. The van der Waals surface area contributed by atoms with Gasteiger partial charge in [-0.2, -0.15) is 4.39 Å². The molecule has 5 nitrogen and oxygen atoms in total. The zero-order valence-electron chi connectivity index (χ0n) is 8.67. The molecular formula is C11H9FN2O3. The summed E-state index contributed by atoms with van der Waals surface area (Å²) in [5, 5.41) is 18.1. The second-order valence-corrected chi connectivity index (χ2v) is 3.50. The first kappa shape index (κ1) is 11.1. The average molecular weight is 236 g/mol. The number of aromatic hydroxyl groups is 1. The fraction of sp³-hybridized carbons (Fsp3) is 0.0909. The highest BCUT2D eigenvalue weighted by molar-refractivity contribution is 5.86. The predicted octanol–water partition coefficient (Wildman–Crippen LogP) is 1.47. The highest BCUT2D eigenvalue weighted by Gasteiger charge is 2.12. The molecule has 0 aromatic carbocycles. The Bertz CT molecular complexity index is 566. The van der Waals surface area contributed by atoms with Crippen LogP contribution in [0.1, 0.15) is 16.1 Å². The second-order valence-electron chi connectivity index (χ2n) is 3.50. The van der Waals surface area contributed by atoms with Crippen LogP contribution in [0, 0.1) is 5.95 Å². The van der Waals surface area contributed by atoms with E-state index in [0.717, 1.165) is 6.07 Å². The molecule has 0 amide bonds. The quantitative estimate of drug-likeness (QED) is 0.791. The molecule has 0 aliphatic rings. The van der Waals surface area contributed by atoms with Crippen molar-refractivity contribution in [3.63, 3.8) is 0 Å². The molecule has 0 radical (unpaired) electrons. The van der Waals surface area contributed by atoms with E-state index in [9.17, 15) is 14.3 Å². The van der Waals surface area contributed by atoms with E-state index in [2.05, 4.69) is 4.98 Å². The van der Waals surface area contributed by atoms with Gasteiger partial charge in [0.15, 0.2) is 0 Å². The van der Waals surface area contributed by atoms with Gasteiger partial charge in [0, 0.05) is 25.0 Å². The normalized spacial score (nSPS) is 10.4. The summed E-state index contributed by atoms with van der Waals surface area (Å²) in [6.45, 7) is 0.154. The maximum atomic E-state index is 12.8. The molecule has 2 N–H and O–H groups in total. The van der Waals surface area contributed by atoms with E-state index in [1.54, 1.807) is 6.07 Å². The Morgan fingerprint density at radius 3 is 2.88 bits per heavy atom. The van der Waals surface area contributed by atoms with Crippen molar-refractivity contribution < 1.29 is 19.4 Å². The van der Waals surface area contributed by atoms with Crippen LogP contribution in [0.4, 0.5) is 4.39 Å². The maximum Gasteiger partial charge on any atom is 0.352 e. The molecule has 17 heavy (non-hydrogen) atoms. The molecule has 0 spiro atoms. The van der Waals surface area contributed by atoms with Gasteiger partial charge in [-0.25, -0.2) is 9.78 Å². The lowest BCUT2D eigenvalue weighted by Crippen LogP contribution is -2.08. The van der Waals surface area contributed by atoms with Crippen molar-refractivity contribution in [3.8, 4) is 5.75 Å². The summed E-state index contributed by atoms with van der Waals surface area (Å²) in [7, 11) is 0. The first-order chi connectivity index (χ1) is 8.06. The van der Waals surface area contributed by atoms with E-state index in [-0.39, 0.29) is 18.0 Å². The largest absolute Gasteiger partial charge is 0.506 e. The molecule has 6 heteroatoms. The first-order valence-corrected chi connectivity index (χ1v) is 4.79. The van der Waals surface area contributed by atoms with Crippen LogP contribution >= 0.6 is 0 Å². The van der Waals surface area contributed by atoms with Crippen molar-refractivity contribution in [2.45, 2.75) is 6.54 Å². The molecule has 0 atom stereocenters. The van der Waals surface area contributed by atoms with Crippen LogP contribution in [0.3, 0.4) is 0 Å². The van der Waals surface area contributed by atoms with Crippen molar-refractivity contribution in [3.05, 3.63) is 47.8 Å². The average Bonchev–Trinajstić information content (AvgIpc) is 2.59. The SMILES string of the molecule is O=C(O)c1cc(O)cn1Cc1ccnc(F)c1. The zero-order valence-corrected chi connectivity index (χ0v) is 8.67. The van der Waals surface area contributed by atoms with Gasteiger partial charge in [0.2, 0.25) is 5.95 Å². The van der Waals surface area contributed by atoms with Crippen molar-refractivity contribution in [1.82, 2.24) is 9.55 Å². The summed E-state index contributed by atoms with van der Waals surface area (Å²) in [6, 6.07) is 3.92. The molecule has 0 fully saturated rings. The topological polar surface area (TPSA) is 75.3 Å². The van der Waals surface area contributed by atoms with Gasteiger partial charge in [-0.3, -0.25) is 0 Å². The lowest BCUT2D eigenvalue weighted by Gasteiger charge is -2.05. The Morgan fingerprint density at radius 1 is 1.47 bits per heavy atom. The van der Waals surface area contributed by atoms with Crippen LogP contribution in [0.25, 0.3) is 0 Å². The summed E-state index contributed by atoms with van der Waals surface area (Å²) >= 11 is 0. The van der Waals surface area contributed by atoms with Gasteiger partial charge in [0.1, 0.15) is 11.4 Å². The number of carboxylic acid groups (broad SMARTS) is 1. The van der Waals surface area contributed by atoms with Gasteiger partial charge in [0.05, 0.1) is 0 Å². The van der Waals surface area contributed by atoms with Gasteiger partial charge in [0.25, 0.3) is 0 Å². The number of hydrogen-bond acceptors (Lipinski definition) is 3. The van der Waals surface area contributed by atoms with Gasteiger partial charge >= 0.3 is 5.97 Å². The number of rotatable bonds is 3. The monoisotopic (exact) mass is 236 g/mol. The van der Waals surface area contributed by atoms with Gasteiger partial charge < -0.3 is 14.8 Å². The van der Waals surface area contributed by atoms with Crippen LogP contribution in [0.5, 0.6) is 5.75 Å². The van der Waals surface area contributed by atoms with Gasteiger partial charge in [-0.15, -0.1) is 0 Å². The molecule has 0 aliphatic heterocycles. The fourth-order valence-corrected chi connectivity index (χ4v) is 1.54. The Labute approximate surface area is 95.8 Å². The standard InChI is InChI=1S/C11H9FN2O3/c12-10-3-7(1-2-13-10)5-14-6-8(15)4-9(14)11(16)17/h1-4,6,15H,5H2,(H,16,17). The smallest absolute Gasteiger partial charge is 0.352 e. The van der Waals surface area contributed by atoms with E-state index in [1.165, 1.54) is 23.0 Å². The lowest BCUT2D eigenvalue weighted by atomic mass is 10.2. The Kier molecular flexibility index (Phi) is 2.78. The van der Waals surface area contributed by atoms with Crippen molar-refractivity contribution in [2.75, 3.05) is 0 Å². The molecule has 0 aliphatic carbocycles. The molecule has 0 saturated carbocycles. The minimum atomic E-state index is -1.15. The molecular weight excluding hydrogens is 227 g/mol. The van der Waals surface area contributed by atoms with E-state index in [0.29, 0.717) is 5.56 Å². The van der Waals surface area contributed by atoms with Gasteiger partial charge in [-0.05, 0) is 17.7 Å². The summed E-state index contributed by atoms with van der Waals surface area (Å²) in [5.74, 6) is -1.92. The molecule has 2 heterocycles. The third kappa shape index (κ3) is 2.41. The highest BCUT2D eigenvalue weighted by Crippen LogP contribution is 2.16. The van der Waals surface area contributed by atoms with Crippen molar-refractivity contribution >= 4 is 5.97 Å². The fourth-order valence-electron chi connectivity index (χ4n) is 1.54. The molecule has 2 aromatic heterocycles. The number of halogens is 1. The second kappa shape index (κ2) is 4.25. The number of nitrogens with zero attached hydrogens (tertiary/aromatic N) is 2. The van der Waals surface area contributed by atoms with Crippen molar-refractivity contribution in [1.29, 1.82) is 0 Å². The number of hydrogen-bond donors (Lipinski definition) is 2. The van der Waals surface area contributed by atoms with E-state index in [1.807, 2.05) is 0 Å². The number of aromatic carboxylic acids is 1. The van der Waals surface area contributed by atoms with Crippen molar-refractivity contribution in [2.24, 2.45) is 0 Å². The van der Waals surface area contributed by atoms with Crippen LogP contribution in [0.15, 0.2) is 30.6 Å². The minimum Gasteiger partial charge on any atom is -0.506 e. The predicted molar refractivity (Wildman–Crippen MR) is 56.4 cm³/mol. The number of aromatic nitrogens is 2. The number of carbonyl (C=O) groups is 1. The van der Waals surface area contributed by atoms with Crippen LogP contribution in [-0.4, -0.2) is 25.7 Å². The molecule has 0 unspecified atom stereocenters.